The summed E-state index contributed by atoms with van der Waals surface area (Å²) >= 11 is 1.41. The molecule has 0 aliphatic heterocycles. The van der Waals surface area contributed by atoms with Crippen LogP contribution in [0.5, 0.6) is 5.75 Å². The van der Waals surface area contributed by atoms with Gasteiger partial charge in [-0.3, -0.25) is 4.79 Å². The number of nitrogens with zero attached hydrogens (tertiary/aromatic N) is 1. The van der Waals surface area contributed by atoms with Gasteiger partial charge in [-0.25, -0.2) is 9.78 Å². The summed E-state index contributed by atoms with van der Waals surface area (Å²) < 4.78 is 17.7. The van der Waals surface area contributed by atoms with Crippen LogP contribution in [0, 0.1) is 0 Å². The number of methoxy groups -OCH3 is 1. The highest BCUT2D eigenvalue weighted by Crippen LogP contribution is 2.32. The van der Waals surface area contributed by atoms with E-state index >= 15 is 0 Å². The Labute approximate surface area is 190 Å². The fourth-order valence-corrected chi connectivity index (χ4v) is 4.86. The number of hydrogen-bond acceptors (Lipinski definition) is 7. The molecule has 6 aromatic rings. The van der Waals surface area contributed by atoms with E-state index < -0.39 is 5.63 Å². The number of aromatic nitrogens is 1. The lowest BCUT2D eigenvalue weighted by molar-refractivity contribution is 0.415. The topological polar surface area (TPSA) is 82.5 Å². The van der Waals surface area contributed by atoms with Crippen molar-refractivity contribution in [3.63, 3.8) is 0 Å². The van der Waals surface area contributed by atoms with Crippen LogP contribution in [0.15, 0.2) is 91.4 Å². The third-order valence-corrected chi connectivity index (χ3v) is 6.65. The van der Waals surface area contributed by atoms with Crippen molar-refractivity contribution in [3.8, 4) is 27.4 Å². The Hall–Kier alpha value is -4.23. The number of ether oxygens (including phenoxy) is 1. The molecule has 0 amide bonds. The van der Waals surface area contributed by atoms with Gasteiger partial charge in [0.1, 0.15) is 28.2 Å². The maximum atomic E-state index is 13.3. The first-order chi connectivity index (χ1) is 16.1. The molecule has 33 heavy (non-hydrogen) atoms. The minimum atomic E-state index is -0.488. The summed E-state index contributed by atoms with van der Waals surface area (Å²) in [5, 5.41) is 1.50. The Morgan fingerprint density at radius 1 is 0.909 bits per heavy atom. The molecular weight excluding hydrogens is 438 g/mol. The van der Waals surface area contributed by atoms with E-state index in [4.69, 9.17) is 13.6 Å². The van der Waals surface area contributed by atoms with Crippen LogP contribution in [0.4, 0.5) is 0 Å². The quantitative estimate of drug-likeness (QED) is 0.247. The Balaban J connectivity index is 1.56. The molecule has 3 aromatic carbocycles. The predicted molar refractivity (Wildman–Crippen MR) is 129 cm³/mol. The van der Waals surface area contributed by atoms with Crippen molar-refractivity contribution < 1.29 is 13.6 Å². The average molecular weight is 453 g/mol. The van der Waals surface area contributed by atoms with Gasteiger partial charge in [-0.15, -0.1) is 11.3 Å². The van der Waals surface area contributed by atoms with Gasteiger partial charge >= 0.3 is 5.63 Å². The van der Waals surface area contributed by atoms with Crippen LogP contribution in [0.2, 0.25) is 0 Å². The minimum Gasteiger partial charge on any atom is -0.497 e. The van der Waals surface area contributed by atoms with E-state index in [2.05, 4.69) is 4.98 Å². The summed E-state index contributed by atoms with van der Waals surface area (Å²) in [6, 6.07) is 19.8. The van der Waals surface area contributed by atoms with Crippen LogP contribution >= 0.6 is 11.3 Å². The monoisotopic (exact) mass is 453 g/mol. The predicted octanol–water partition coefficient (Wildman–Crippen LogP) is 5.85. The van der Waals surface area contributed by atoms with Crippen molar-refractivity contribution in [1.82, 2.24) is 4.98 Å². The van der Waals surface area contributed by atoms with Crippen LogP contribution in [0.3, 0.4) is 0 Å². The molecule has 3 aromatic heterocycles. The lowest BCUT2D eigenvalue weighted by Crippen LogP contribution is -2.06. The third-order valence-electron chi connectivity index (χ3n) is 5.58. The van der Waals surface area contributed by atoms with Gasteiger partial charge in [0.2, 0.25) is 5.43 Å². The first-order valence-electron chi connectivity index (χ1n) is 10.1. The normalized spacial score (nSPS) is 11.4. The van der Waals surface area contributed by atoms with Gasteiger partial charge in [0.05, 0.1) is 39.2 Å². The van der Waals surface area contributed by atoms with Gasteiger partial charge in [-0.2, -0.15) is 0 Å². The number of rotatable bonds is 3. The molecule has 7 heteroatoms. The maximum absolute atomic E-state index is 13.3. The fourth-order valence-electron chi connectivity index (χ4n) is 3.89. The summed E-state index contributed by atoms with van der Waals surface area (Å²) in [4.78, 5) is 30.5. The van der Waals surface area contributed by atoms with E-state index in [1.165, 1.54) is 17.6 Å². The SMILES string of the molecule is COc1ccc(-c2coc3c(ccc4oc(=O)c(-c5nc6ccccc6s5)cc43)c2=O)cc1. The zero-order valence-corrected chi connectivity index (χ0v) is 18.1. The van der Waals surface area contributed by atoms with Gasteiger partial charge < -0.3 is 13.6 Å². The zero-order valence-electron chi connectivity index (χ0n) is 17.3. The van der Waals surface area contributed by atoms with E-state index in [0.717, 1.165) is 15.8 Å². The second-order valence-corrected chi connectivity index (χ2v) is 8.53. The lowest BCUT2D eigenvalue weighted by Gasteiger charge is -2.06. The van der Waals surface area contributed by atoms with Gasteiger partial charge in [0.25, 0.3) is 0 Å². The average Bonchev–Trinajstić information content (AvgIpc) is 3.28. The molecule has 6 rings (SSSR count). The van der Waals surface area contributed by atoms with Crippen molar-refractivity contribution in [3.05, 3.63) is 93.6 Å². The maximum Gasteiger partial charge on any atom is 0.346 e. The first-order valence-corrected chi connectivity index (χ1v) is 11.0. The van der Waals surface area contributed by atoms with Crippen molar-refractivity contribution in [2.75, 3.05) is 7.11 Å². The summed E-state index contributed by atoms with van der Waals surface area (Å²) in [7, 11) is 1.59. The van der Waals surface area contributed by atoms with Gasteiger partial charge in [-0.05, 0) is 48.0 Å². The second-order valence-electron chi connectivity index (χ2n) is 7.50. The Morgan fingerprint density at radius 2 is 1.73 bits per heavy atom. The van der Waals surface area contributed by atoms with Gasteiger partial charge in [-0.1, -0.05) is 24.3 Å². The molecule has 0 saturated carbocycles. The highest BCUT2D eigenvalue weighted by atomic mass is 32.1. The molecule has 0 fully saturated rings. The Kier molecular flexibility index (Phi) is 4.38. The van der Waals surface area contributed by atoms with Crippen LogP contribution < -0.4 is 15.8 Å². The highest BCUT2D eigenvalue weighted by molar-refractivity contribution is 7.21. The molecule has 0 radical (unpaired) electrons. The largest absolute Gasteiger partial charge is 0.497 e. The van der Waals surface area contributed by atoms with Crippen molar-refractivity contribution >= 4 is 43.5 Å². The second kappa shape index (κ2) is 7.43. The zero-order chi connectivity index (χ0) is 22.5. The van der Waals surface area contributed by atoms with Crippen molar-refractivity contribution in [1.29, 1.82) is 0 Å². The molecule has 0 N–H and O–H groups in total. The minimum absolute atomic E-state index is 0.170. The van der Waals surface area contributed by atoms with E-state index in [0.29, 0.717) is 43.8 Å². The summed E-state index contributed by atoms with van der Waals surface area (Å²) in [5.41, 5.74) is 2.35. The van der Waals surface area contributed by atoms with Crippen LogP contribution in [-0.4, -0.2) is 12.1 Å². The smallest absolute Gasteiger partial charge is 0.346 e. The Bertz CT molecular complexity index is 1760. The van der Waals surface area contributed by atoms with E-state index in [1.54, 1.807) is 37.4 Å². The first kappa shape index (κ1) is 19.5. The molecule has 6 nitrogen and oxygen atoms in total. The highest BCUT2D eigenvalue weighted by Gasteiger charge is 2.17. The number of thiazole rings is 1. The van der Waals surface area contributed by atoms with Crippen LogP contribution in [0.25, 0.3) is 53.9 Å². The summed E-state index contributed by atoms with van der Waals surface area (Å²) in [5.74, 6) is 0.701. The fraction of sp³-hybridized carbons (Fsp3) is 0.0385. The van der Waals surface area contributed by atoms with Gasteiger partial charge in [0, 0.05) is 0 Å². The van der Waals surface area contributed by atoms with Crippen LogP contribution in [0.1, 0.15) is 0 Å². The number of benzene rings is 3. The molecule has 0 bridgehead atoms. The molecule has 3 heterocycles. The van der Waals surface area contributed by atoms with E-state index in [-0.39, 0.29) is 5.43 Å². The number of hydrogen-bond donors (Lipinski definition) is 0. The Morgan fingerprint density at radius 3 is 2.52 bits per heavy atom. The molecule has 0 spiro atoms. The van der Waals surface area contributed by atoms with E-state index in [1.807, 2.05) is 36.4 Å². The number of fused-ring (bicyclic) bond motifs is 4. The van der Waals surface area contributed by atoms with Crippen LogP contribution in [-0.2, 0) is 0 Å². The lowest BCUT2D eigenvalue weighted by atomic mass is 10.0. The number of para-hydroxylation sites is 1. The molecule has 0 saturated heterocycles. The van der Waals surface area contributed by atoms with Gasteiger partial charge in [0.15, 0.2) is 0 Å². The summed E-state index contributed by atoms with van der Waals surface area (Å²) in [6.45, 7) is 0. The molecule has 0 aliphatic carbocycles. The van der Waals surface area contributed by atoms with Crippen molar-refractivity contribution in [2.45, 2.75) is 0 Å². The molecule has 0 atom stereocenters. The third kappa shape index (κ3) is 3.13. The van der Waals surface area contributed by atoms with Crippen molar-refractivity contribution in [2.24, 2.45) is 0 Å². The molecule has 160 valence electrons. The summed E-state index contributed by atoms with van der Waals surface area (Å²) in [6.07, 6.45) is 1.44. The molecular formula is C26H15NO5S. The standard InChI is InChI=1S/C26H15NO5S/c1-30-15-8-6-14(7-9-15)19-13-31-24-16(23(19)28)10-11-21-17(24)12-18(26(29)32-21)25-27-20-4-2-3-5-22(20)33-25/h2-13H,1H3. The molecule has 0 aliphatic rings. The molecule has 0 unspecified atom stereocenters. The van der Waals surface area contributed by atoms with E-state index in [9.17, 15) is 9.59 Å².